The van der Waals surface area contributed by atoms with E-state index in [-0.39, 0.29) is 124 Å². The normalized spacial score (nSPS) is 12.6. The van der Waals surface area contributed by atoms with Crippen LogP contribution in [-0.2, 0) is 52.5 Å². The maximum absolute atomic E-state index is 12.9. The number of carboxylic acids is 2. The zero-order chi connectivity index (χ0) is 52.3. The molecule has 6 N–H and O–H groups in total. The molecule has 0 aliphatic rings. The molecule has 0 aromatic carbocycles. The topological polar surface area (TPSA) is 245 Å². The Kier molecular flexibility index (Phi) is 40.9. The molecule has 2 unspecified atom stereocenters. The molecule has 0 bridgehead atoms. The molecule has 70 heavy (non-hydrogen) atoms. The Balaban J connectivity index is 3.72. The average Bonchev–Trinajstić information content (AvgIpc) is 3.27. The highest BCUT2D eigenvalue weighted by molar-refractivity contribution is 5.85. The van der Waals surface area contributed by atoms with E-state index >= 15 is 0 Å². The van der Waals surface area contributed by atoms with Gasteiger partial charge in [0, 0.05) is 70.1 Å². The standard InChI is InChI=1S/C53H98N4O13/c1-52(2,3)42-46(59)45(57-53(4,5)6)24-21-22-30-54-48(61)28-33-67-37-40-70-36-32-56-49(62)29-34-68-38-39-69-35-31-55-47(60)27-26-43(51(65)66)41-44(58)23-19-17-15-13-11-9-7-8-10-12-14-16-18-20-25-50(63)64/h43,45,57H,7-42H2,1-6H3,(H,54,61)(H,55,60)(H,56,62)(H,63,64)(H,65,66). The highest BCUT2D eigenvalue weighted by Crippen LogP contribution is 2.22. The van der Waals surface area contributed by atoms with E-state index in [4.69, 9.17) is 24.1 Å². The van der Waals surface area contributed by atoms with Crippen LogP contribution < -0.4 is 21.3 Å². The Morgan fingerprint density at radius 1 is 0.443 bits per heavy atom. The van der Waals surface area contributed by atoms with Gasteiger partial charge < -0.3 is 50.4 Å². The highest BCUT2D eigenvalue weighted by Gasteiger charge is 2.27. The molecule has 2 atom stereocenters. The van der Waals surface area contributed by atoms with Crippen LogP contribution in [0.5, 0.6) is 0 Å². The van der Waals surface area contributed by atoms with Gasteiger partial charge in [0.15, 0.2) is 0 Å². The van der Waals surface area contributed by atoms with E-state index in [9.17, 15) is 38.7 Å². The maximum Gasteiger partial charge on any atom is 0.306 e. The SMILES string of the molecule is CC(C)(C)CC(=O)C(CCCCNC(=O)CCOCCOCCNC(=O)CCOCCOCCNC(=O)CCC(CC(=O)CCCCCCCCCCCCCCCCC(=O)O)C(=O)O)NC(C)(C)C. The molecule has 0 spiro atoms. The van der Waals surface area contributed by atoms with Crippen molar-refractivity contribution in [2.24, 2.45) is 11.3 Å². The van der Waals surface area contributed by atoms with Crippen molar-refractivity contribution in [1.29, 1.82) is 0 Å². The van der Waals surface area contributed by atoms with Gasteiger partial charge in [0.25, 0.3) is 0 Å². The molecule has 3 amide bonds. The lowest BCUT2D eigenvalue weighted by Crippen LogP contribution is -2.48. The van der Waals surface area contributed by atoms with Gasteiger partial charge in [0.1, 0.15) is 11.6 Å². The number of carboxylic acid groups (broad SMARTS) is 2. The van der Waals surface area contributed by atoms with Gasteiger partial charge in [-0.3, -0.25) is 33.6 Å². The minimum absolute atomic E-state index is 0.00990. The summed E-state index contributed by atoms with van der Waals surface area (Å²) in [4.78, 5) is 84.1. The van der Waals surface area contributed by atoms with Gasteiger partial charge >= 0.3 is 11.9 Å². The summed E-state index contributed by atoms with van der Waals surface area (Å²) < 4.78 is 21.9. The predicted molar refractivity (Wildman–Crippen MR) is 273 cm³/mol. The summed E-state index contributed by atoms with van der Waals surface area (Å²) in [7, 11) is 0. The molecule has 0 saturated heterocycles. The van der Waals surface area contributed by atoms with E-state index in [2.05, 4.69) is 62.8 Å². The van der Waals surface area contributed by atoms with Crippen molar-refractivity contribution in [1.82, 2.24) is 21.3 Å². The summed E-state index contributed by atoms with van der Waals surface area (Å²) in [6.07, 6.45) is 19.3. The number of carbonyl (C=O) groups is 7. The van der Waals surface area contributed by atoms with Gasteiger partial charge in [-0.15, -0.1) is 0 Å². The Labute approximate surface area is 421 Å². The van der Waals surface area contributed by atoms with E-state index in [1.807, 2.05) is 0 Å². The van der Waals surface area contributed by atoms with Gasteiger partial charge in [0.2, 0.25) is 17.7 Å². The number of ether oxygens (including phenoxy) is 4. The average molecular weight is 999 g/mol. The molecule has 0 aromatic heterocycles. The molecule has 0 rings (SSSR count). The molecule has 0 radical (unpaired) electrons. The number of ketones is 2. The largest absolute Gasteiger partial charge is 0.481 e. The summed E-state index contributed by atoms with van der Waals surface area (Å²) in [6, 6.07) is -0.196. The molecular weight excluding hydrogens is 901 g/mol. The quantitative estimate of drug-likeness (QED) is 0.0318. The third kappa shape index (κ3) is 46.8. The van der Waals surface area contributed by atoms with E-state index in [0.717, 1.165) is 64.2 Å². The zero-order valence-electron chi connectivity index (χ0n) is 44.5. The van der Waals surface area contributed by atoms with E-state index in [1.54, 1.807) is 0 Å². The molecule has 0 saturated carbocycles. The van der Waals surface area contributed by atoms with Crippen LogP contribution >= 0.6 is 0 Å². The lowest BCUT2D eigenvalue weighted by atomic mass is 9.86. The van der Waals surface area contributed by atoms with Crippen LogP contribution in [0.3, 0.4) is 0 Å². The van der Waals surface area contributed by atoms with Gasteiger partial charge in [0.05, 0.1) is 64.8 Å². The monoisotopic (exact) mass is 999 g/mol. The number of rotatable bonds is 49. The van der Waals surface area contributed by atoms with Crippen molar-refractivity contribution in [2.75, 3.05) is 72.5 Å². The van der Waals surface area contributed by atoms with Crippen molar-refractivity contribution < 1.29 is 62.7 Å². The molecule has 17 heteroatoms. The Morgan fingerprint density at radius 3 is 1.29 bits per heavy atom. The fraction of sp³-hybridized carbons (Fsp3) is 0.868. The first-order chi connectivity index (χ1) is 33.3. The summed E-state index contributed by atoms with van der Waals surface area (Å²) in [5, 5.41) is 30.1. The molecule has 0 aromatic rings. The summed E-state index contributed by atoms with van der Waals surface area (Å²) in [6.45, 7) is 15.8. The first kappa shape index (κ1) is 66.5. The Morgan fingerprint density at radius 2 is 0.857 bits per heavy atom. The fourth-order valence-corrected chi connectivity index (χ4v) is 7.66. The Hall–Kier alpha value is -3.51. The summed E-state index contributed by atoms with van der Waals surface area (Å²) >= 11 is 0. The first-order valence-electron chi connectivity index (χ1n) is 26.7. The lowest BCUT2D eigenvalue weighted by Gasteiger charge is -2.30. The Bertz CT molecular complexity index is 1420. The molecule has 408 valence electrons. The number of aliphatic carboxylic acids is 2. The van der Waals surface area contributed by atoms with Crippen LogP contribution in [0, 0.1) is 11.3 Å². The number of hydrogen-bond acceptors (Lipinski definition) is 12. The third-order valence-corrected chi connectivity index (χ3v) is 11.4. The van der Waals surface area contributed by atoms with Gasteiger partial charge in [-0.25, -0.2) is 0 Å². The minimum Gasteiger partial charge on any atom is -0.481 e. The number of hydrogen-bond donors (Lipinski definition) is 6. The zero-order valence-corrected chi connectivity index (χ0v) is 44.5. The number of nitrogens with one attached hydrogen (secondary N) is 4. The van der Waals surface area contributed by atoms with Gasteiger partial charge in [-0.05, 0) is 64.7 Å². The van der Waals surface area contributed by atoms with Gasteiger partial charge in [-0.1, -0.05) is 97.8 Å². The first-order valence-corrected chi connectivity index (χ1v) is 26.7. The van der Waals surface area contributed by atoms with E-state index < -0.39 is 17.9 Å². The van der Waals surface area contributed by atoms with Crippen molar-refractivity contribution in [2.45, 2.75) is 214 Å². The van der Waals surface area contributed by atoms with E-state index in [1.165, 1.54) is 44.9 Å². The van der Waals surface area contributed by atoms with E-state index in [0.29, 0.717) is 45.8 Å². The maximum atomic E-state index is 12.9. The highest BCUT2D eigenvalue weighted by atomic mass is 16.5. The molecule has 0 aliphatic carbocycles. The molecule has 0 fully saturated rings. The predicted octanol–water partition coefficient (Wildman–Crippen LogP) is 7.88. The number of unbranched alkanes of at least 4 members (excludes halogenated alkanes) is 14. The number of carbonyl (C=O) groups excluding carboxylic acids is 5. The van der Waals surface area contributed by atoms with Crippen LogP contribution in [0.15, 0.2) is 0 Å². The van der Waals surface area contributed by atoms with Crippen molar-refractivity contribution in [3.63, 3.8) is 0 Å². The van der Waals surface area contributed by atoms with Crippen molar-refractivity contribution >= 4 is 41.2 Å². The van der Waals surface area contributed by atoms with Crippen LogP contribution in [0.25, 0.3) is 0 Å². The summed E-state index contributed by atoms with van der Waals surface area (Å²) in [5.74, 6) is -3.05. The molecule has 0 aliphatic heterocycles. The van der Waals surface area contributed by atoms with Gasteiger partial charge in [-0.2, -0.15) is 0 Å². The molecule has 0 heterocycles. The second-order valence-electron chi connectivity index (χ2n) is 20.8. The second-order valence-corrected chi connectivity index (χ2v) is 20.8. The number of amides is 3. The third-order valence-electron chi connectivity index (χ3n) is 11.4. The smallest absolute Gasteiger partial charge is 0.306 e. The molecular formula is C53H98N4O13. The van der Waals surface area contributed by atoms with Crippen LogP contribution in [0.2, 0.25) is 0 Å². The fourth-order valence-electron chi connectivity index (χ4n) is 7.66. The van der Waals surface area contributed by atoms with Crippen LogP contribution in [-0.4, -0.2) is 136 Å². The molecule has 17 nitrogen and oxygen atoms in total. The van der Waals surface area contributed by atoms with Crippen molar-refractivity contribution in [3.05, 3.63) is 0 Å². The van der Waals surface area contributed by atoms with Crippen LogP contribution in [0.1, 0.15) is 202 Å². The lowest BCUT2D eigenvalue weighted by molar-refractivity contribution is -0.144. The second kappa shape index (κ2) is 43.1. The number of Topliss-reactive ketones (excluding diaryl/α,β-unsaturated/α-hetero) is 2. The summed E-state index contributed by atoms with van der Waals surface area (Å²) in [5.41, 5.74) is -0.223. The van der Waals surface area contributed by atoms with Crippen LogP contribution in [0.4, 0.5) is 0 Å². The van der Waals surface area contributed by atoms with Crippen molar-refractivity contribution in [3.8, 4) is 0 Å². The minimum atomic E-state index is -1.06.